The van der Waals surface area contributed by atoms with E-state index in [1.807, 2.05) is 38.4 Å². The minimum Gasteiger partial charge on any atom is -0.388 e. The van der Waals surface area contributed by atoms with E-state index in [0.29, 0.717) is 6.54 Å². The molecule has 5 heteroatoms. The number of anilines is 1. The van der Waals surface area contributed by atoms with E-state index in [9.17, 15) is 9.90 Å². The van der Waals surface area contributed by atoms with Crippen molar-refractivity contribution in [1.82, 2.24) is 10.2 Å². The van der Waals surface area contributed by atoms with Crippen LogP contribution in [0.4, 0.5) is 10.5 Å². The van der Waals surface area contributed by atoms with Crippen molar-refractivity contribution in [2.45, 2.75) is 44.2 Å². The molecule has 3 N–H and O–H groups in total. The normalized spacial score (nSPS) is 17.3. The van der Waals surface area contributed by atoms with Crippen molar-refractivity contribution in [2.75, 3.05) is 26.0 Å². The third-order valence-electron chi connectivity index (χ3n) is 4.05. The lowest BCUT2D eigenvalue weighted by Gasteiger charge is -2.32. The molecular weight excluding hydrogens is 278 g/mol. The Bertz CT molecular complexity index is 496. The van der Waals surface area contributed by atoms with E-state index in [2.05, 4.69) is 15.5 Å². The Labute approximate surface area is 132 Å². The third-order valence-corrected chi connectivity index (χ3v) is 4.05. The van der Waals surface area contributed by atoms with Gasteiger partial charge in [0.2, 0.25) is 0 Å². The first-order chi connectivity index (χ1) is 10.5. The molecule has 2 amide bonds. The number of hydrogen-bond acceptors (Lipinski definition) is 3. The maximum Gasteiger partial charge on any atom is 0.319 e. The molecule has 0 aromatic heterocycles. The zero-order valence-corrected chi connectivity index (χ0v) is 13.6. The van der Waals surface area contributed by atoms with Crippen LogP contribution < -0.4 is 10.6 Å². The molecule has 0 heterocycles. The molecule has 0 spiro atoms. The van der Waals surface area contributed by atoms with Gasteiger partial charge in [0, 0.05) is 18.8 Å². The van der Waals surface area contributed by atoms with Crippen molar-refractivity contribution in [3.63, 3.8) is 0 Å². The molecule has 0 bridgehead atoms. The Morgan fingerprint density at radius 1 is 1.27 bits per heavy atom. The number of aliphatic hydroxyl groups is 1. The second-order valence-electron chi connectivity index (χ2n) is 6.53. The van der Waals surface area contributed by atoms with E-state index in [0.717, 1.165) is 43.5 Å². The number of nitrogens with zero attached hydrogens (tertiary/aromatic N) is 1. The number of carbonyl (C=O) groups excluding carboxylic acids is 1. The lowest BCUT2D eigenvalue weighted by atomic mass is 9.85. The molecule has 0 unspecified atom stereocenters. The summed E-state index contributed by atoms with van der Waals surface area (Å²) in [6, 6.07) is 7.54. The molecule has 22 heavy (non-hydrogen) atoms. The van der Waals surface area contributed by atoms with Gasteiger partial charge in [-0.15, -0.1) is 0 Å². The van der Waals surface area contributed by atoms with Gasteiger partial charge in [-0.1, -0.05) is 31.4 Å². The Morgan fingerprint density at radius 2 is 2.00 bits per heavy atom. The van der Waals surface area contributed by atoms with Crippen LogP contribution in [0.25, 0.3) is 0 Å². The van der Waals surface area contributed by atoms with E-state index in [4.69, 9.17) is 0 Å². The van der Waals surface area contributed by atoms with E-state index in [1.165, 1.54) is 6.42 Å². The van der Waals surface area contributed by atoms with Crippen LogP contribution >= 0.6 is 0 Å². The van der Waals surface area contributed by atoms with Crippen LogP contribution in [-0.4, -0.2) is 42.3 Å². The van der Waals surface area contributed by atoms with Gasteiger partial charge in [0.25, 0.3) is 0 Å². The van der Waals surface area contributed by atoms with Crippen molar-refractivity contribution in [1.29, 1.82) is 0 Å². The highest BCUT2D eigenvalue weighted by atomic mass is 16.3. The zero-order valence-electron chi connectivity index (χ0n) is 13.6. The minimum absolute atomic E-state index is 0.263. The molecule has 122 valence electrons. The fourth-order valence-electron chi connectivity index (χ4n) is 2.92. The summed E-state index contributed by atoms with van der Waals surface area (Å²) in [7, 11) is 4.02. The Hall–Kier alpha value is -1.59. The lowest BCUT2D eigenvalue weighted by Crippen LogP contribution is -2.45. The smallest absolute Gasteiger partial charge is 0.319 e. The van der Waals surface area contributed by atoms with E-state index in [-0.39, 0.29) is 6.03 Å². The molecule has 1 aliphatic rings. The SMILES string of the molecule is CN(C)Cc1cccc(NC(=O)NCC2(O)CCCCC2)c1. The van der Waals surface area contributed by atoms with Crippen molar-refractivity contribution in [2.24, 2.45) is 0 Å². The number of urea groups is 1. The Kier molecular flexibility index (Phi) is 5.80. The van der Waals surface area contributed by atoms with Crippen molar-refractivity contribution in [3.05, 3.63) is 29.8 Å². The Balaban J connectivity index is 1.84. The number of amides is 2. The predicted molar refractivity (Wildman–Crippen MR) is 88.9 cm³/mol. The van der Waals surface area contributed by atoms with Crippen LogP contribution in [0.1, 0.15) is 37.7 Å². The molecular formula is C17H27N3O2. The first-order valence-corrected chi connectivity index (χ1v) is 7.98. The monoisotopic (exact) mass is 305 g/mol. The summed E-state index contributed by atoms with van der Waals surface area (Å²) in [5, 5.41) is 16.0. The maximum atomic E-state index is 12.0. The number of benzene rings is 1. The number of nitrogens with one attached hydrogen (secondary N) is 2. The van der Waals surface area contributed by atoms with Gasteiger partial charge < -0.3 is 20.6 Å². The summed E-state index contributed by atoms with van der Waals surface area (Å²) < 4.78 is 0. The van der Waals surface area contributed by atoms with Crippen LogP contribution in [0, 0.1) is 0 Å². The summed E-state index contributed by atoms with van der Waals surface area (Å²) in [6.45, 7) is 1.15. The van der Waals surface area contributed by atoms with Crippen molar-refractivity contribution in [3.8, 4) is 0 Å². The molecule has 5 nitrogen and oxygen atoms in total. The topological polar surface area (TPSA) is 64.6 Å². The summed E-state index contributed by atoms with van der Waals surface area (Å²) >= 11 is 0. The van der Waals surface area contributed by atoms with E-state index < -0.39 is 5.60 Å². The van der Waals surface area contributed by atoms with Crippen LogP contribution in [0.3, 0.4) is 0 Å². The highest BCUT2D eigenvalue weighted by Crippen LogP contribution is 2.27. The van der Waals surface area contributed by atoms with Gasteiger partial charge in [-0.25, -0.2) is 4.79 Å². The summed E-state index contributed by atoms with van der Waals surface area (Å²) in [5.41, 5.74) is 1.18. The third kappa shape index (κ3) is 5.31. The van der Waals surface area contributed by atoms with Crippen LogP contribution in [0.5, 0.6) is 0 Å². The van der Waals surface area contributed by atoms with Gasteiger partial charge in [0.05, 0.1) is 5.60 Å². The van der Waals surface area contributed by atoms with E-state index >= 15 is 0 Å². The van der Waals surface area contributed by atoms with Gasteiger partial charge in [0.1, 0.15) is 0 Å². The molecule has 1 aromatic carbocycles. The molecule has 1 fully saturated rings. The van der Waals surface area contributed by atoms with Gasteiger partial charge in [-0.2, -0.15) is 0 Å². The Morgan fingerprint density at radius 3 is 2.68 bits per heavy atom. The molecule has 0 atom stereocenters. The fourth-order valence-corrected chi connectivity index (χ4v) is 2.92. The minimum atomic E-state index is -0.734. The summed E-state index contributed by atoms with van der Waals surface area (Å²) in [4.78, 5) is 14.1. The average molecular weight is 305 g/mol. The predicted octanol–water partition coefficient (Wildman–Crippen LogP) is 2.56. The van der Waals surface area contributed by atoms with Crippen LogP contribution in [0.15, 0.2) is 24.3 Å². The van der Waals surface area contributed by atoms with Gasteiger partial charge >= 0.3 is 6.03 Å². The summed E-state index contributed by atoms with van der Waals surface area (Å²) in [5.74, 6) is 0. The summed E-state index contributed by atoms with van der Waals surface area (Å²) in [6.07, 6.45) is 4.78. The standard InChI is InChI=1S/C17H27N3O2/c1-20(2)12-14-7-6-8-15(11-14)19-16(21)18-13-17(22)9-4-3-5-10-17/h6-8,11,22H,3-5,9-10,12-13H2,1-2H3,(H2,18,19,21). The number of hydrogen-bond donors (Lipinski definition) is 3. The lowest BCUT2D eigenvalue weighted by molar-refractivity contribution is 0.00755. The van der Waals surface area contributed by atoms with Crippen molar-refractivity contribution >= 4 is 11.7 Å². The maximum absolute atomic E-state index is 12.0. The van der Waals surface area contributed by atoms with Gasteiger partial charge in [-0.05, 0) is 44.6 Å². The molecule has 0 aliphatic heterocycles. The molecule has 0 radical (unpaired) electrons. The molecule has 1 aliphatic carbocycles. The fraction of sp³-hybridized carbons (Fsp3) is 0.588. The first-order valence-electron chi connectivity index (χ1n) is 7.98. The number of rotatable bonds is 5. The second-order valence-corrected chi connectivity index (χ2v) is 6.53. The zero-order chi connectivity index (χ0) is 16.0. The van der Waals surface area contributed by atoms with Crippen LogP contribution in [0.2, 0.25) is 0 Å². The highest BCUT2D eigenvalue weighted by Gasteiger charge is 2.29. The van der Waals surface area contributed by atoms with Crippen LogP contribution in [-0.2, 0) is 6.54 Å². The van der Waals surface area contributed by atoms with Crippen molar-refractivity contribution < 1.29 is 9.90 Å². The molecule has 1 aromatic rings. The highest BCUT2D eigenvalue weighted by molar-refractivity contribution is 5.89. The molecule has 1 saturated carbocycles. The molecule has 2 rings (SSSR count). The quantitative estimate of drug-likeness (QED) is 0.783. The average Bonchev–Trinajstić information content (AvgIpc) is 2.46. The van der Waals surface area contributed by atoms with Gasteiger partial charge in [0.15, 0.2) is 0 Å². The second kappa shape index (κ2) is 7.61. The van der Waals surface area contributed by atoms with E-state index in [1.54, 1.807) is 0 Å². The first kappa shape index (κ1) is 16.8. The number of carbonyl (C=O) groups is 1. The largest absolute Gasteiger partial charge is 0.388 e. The van der Waals surface area contributed by atoms with Gasteiger partial charge in [-0.3, -0.25) is 0 Å². The molecule has 0 saturated heterocycles.